The normalized spacial score (nSPS) is 12.9. The van der Waals surface area contributed by atoms with Crippen LogP contribution in [0.2, 0.25) is 0 Å². The lowest BCUT2D eigenvalue weighted by Crippen LogP contribution is -2.33. The van der Waals surface area contributed by atoms with Crippen LogP contribution in [0.1, 0.15) is 59.5 Å². The minimum Gasteiger partial charge on any atom is -0.348 e. The molecule has 9 heteroatoms. The van der Waals surface area contributed by atoms with E-state index in [1.807, 2.05) is 19.1 Å². The van der Waals surface area contributed by atoms with Gasteiger partial charge >= 0.3 is 0 Å². The van der Waals surface area contributed by atoms with Crippen molar-refractivity contribution in [3.63, 3.8) is 0 Å². The third-order valence-electron chi connectivity index (χ3n) is 5.18. The number of halogens is 3. The van der Waals surface area contributed by atoms with Crippen LogP contribution in [-0.2, 0) is 11.2 Å². The predicted molar refractivity (Wildman–Crippen MR) is 111 cm³/mol. The van der Waals surface area contributed by atoms with Gasteiger partial charge in [-0.05, 0) is 38.5 Å². The third-order valence-corrected chi connectivity index (χ3v) is 5.18. The molecule has 0 saturated carbocycles. The second kappa shape index (κ2) is 9.76. The summed E-state index contributed by atoms with van der Waals surface area (Å²) < 4.78 is 41.4. The summed E-state index contributed by atoms with van der Waals surface area (Å²) >= 11 is 0. The van der Waals surface area contributed by atoms with Crippen molar-refractivity contribution in [3.05, 3.63) is 82.4 Å². The Labute approximate surface area is 183 Å². The van der Waals surface area contributed by atoms with E-state index >= 15 is 0 Å². The topological polar surface area (TPSA) is 76.9 Å². The van der Waals surface area contributed by atoms with Crippen molar-refractivity contribution in [2.24, 2.45) is 0 Å². The largest absolute Gasteiger partial charge is 0.348 e. The van der Waals surface area contributed by atoms with Gasteiger partial charge in [-0.15, -0.1) is 5.10 Å². The Balaban J connectivity index is 1.58. The zero-order valence-corrected chi connectivity index (χ0v) is 17.9. The van der Waals surface area contributed by atoms with E-state index in [0.29, 0.717) is 17.7 Å². The molecule has 6 nitrogen and oxygen atoms in total. The van der Waals surface area contributed by atoms with Gasteiger partial charge in [-0.1, -0.05) is 35.0 Å². The van der Waals surface area contributed by atoms with Gasteiger partial charge in [0.1, 0.15) is 6.04 Å². The fourth-order valence-corrected chi connectivity index (χ4v) is 3.11. The number of hydrogen-bond donors (Lipinski definition) is 1. The van der Waals surface area contributed by atoms with E-state index in [9.17, 15) is 22.8 Å². The lowest BCUT2D eigenvalue weighted by Gasteiger charge is -2.18. The summed E-state index contributed by atoms with van der Waals surface area (Å²) in [7, 11) is 0. The summed E-state index contributed by atoms with van der Waals surface area (Å²) in [6, 6.07) is 7.46. The zero-order valence-electron chi connectivity index (χ0n) is 17.9. The molecule has 0 aliphatic rings. The van der Waals surface area contributed by atoms with E-state index < -0.39 is 35.4 Å². The average Bonchev–Trinajstić information content (AvgIpc) is 3.24. The van der Waals surface area contributed by atoms with Crippen molar-refractivity contribution in [2.75, 3.05) is 0 Å². The van der Waals surface area contributed by atoms with Crippen LogP contribution in [0.5, 0.6) is 0 Å². The monoisotopic (exact) mass is 444 g/mol. The van der Waals surface area contributed by atoms with Crippen LogP contribution in [0.4, 0.5) is 13.2 Å². The number of ketones is 1. The van der Waals surface area contributed by atoms with Gasteiger partial charge in [-0.2, -0.15) is 0 Å². The molecular formula is C23H23F3N4O2. The average molecular weight is 444 g/mol. The number of amides is 1. The summed E-state index contributed by atoms with van der Waals surface area (Å²) in [4.78, 5) is 24.8. The van der Waals surface area contributed by atoms with Crippen LogP contribution in [0.25, 0.3) is 0 Å². The molecule has 0 fully saturated rings. The number of hydrogen-bond acceptors (Lipinski definition) is 4. The number of rotatable bonds is 8. The maximum atomic E-state index is 13.4. The van der Waals surface area contributed by atoms with Gasteiger partial charge in [0.25, 0.3) is 0 Å². The van der Waals surface area contributed by atoms with Gasteiger partial charge in [0, 0.05) is 24.6 Å². The summed E-state index contributed by atoms with van der Waals surface area (Å²) in [6.45, 7) is 5.06. The number of nitrogens with zero attached hydrogens (tertiary/aromatic N) is 3. The summed E-state index contributed by atoms with van der Waals surface area (Å²) in [5.41, 5.74) is 2.34. The molecule has 0 aliphatic carbocycles. The van der Waals surface area contributed by atoms with Crippen molar-refractivity contribution in [1.29, 1.82) is 0 Å². The Hall–Kier alpha value is -3.49. The number of nitrogens with one attached hydrogen (secondary N) is 1. The first-order chi connectivity index (χ1) is 15.2. The zero-order chi connectivity index (χ0) is 23.4. The lowest BCUT2D eigenvalue weighted by molar-refractivity contribution is -0.124. The fraction of sp³-hybridized carbons (Fsp3) is 0.304. The van der Waals surface area contributed by atoms with Gasteiger partial charge in [-0.3, -0.25) is 9.59 Å². The molecule has 0 bridgehead atoms. The Bertz CT molecular complexity index is 1110. The molecule has 1 aromatic heterocycles. The molecule has 0 saturated heterocycles. The first-order valence-corrected chi connectivity index (χ1v) is 10.1. The van der Waals surface area contributed by atoms with Crippen molar-refractivity contribution in [2.45, 2.75) is 45.7 Å². The molecule has 0 radical (unpaired) electrons. The van der Waals surface area contributed by atoms with Gasteiger partial charge in [0.05, 0.1) is 11.7 Å². The van der Waals surface area contributed by atoms with Gasteiger partial charge in [-0.25, -0.2) is 17.9 Å². The number of Topliss-reactive ketones (excluding diaryl/α,β-unsaturated/α-hetero) is 1. The number of aromatic nitrogens is 3. The Morgan fingerprint density at radius 3 is 2.31 bits per heavy atom. The first kappa shape index (κ1) is 23.2. The lowest BCUT2D eigenvalue weighted by atomic mass is 10.0. The molecule has 3 aromatic rings. The number of carbonyl (C=O) groups is 2. The Morgan fingerprint density at radius 2 is 1.69 bits per heavy atom. The van der Waals surface area contributed by atoms with E-state index in [0.717, 1.165) is 17.7 Å². The molecule has 0 spiro atoms. The van der Waals surface area contributed by atoms with E-state index in [1.165, 1.54) is 11.6 Å². The van der Waals surface area contributed by atoms with Crippen LogP contribution >= 0.6 is 0 Å². The molecule has 1 amide bonds. The number of benzene rings is 2. The molecule has 0 aliphatic heterocycles. The minimum atomic E-state index is -1.56. The molecule has 2 unspecified atom stereocenters. The summed E-state index contributed by atoms with van der Waals surface area (Å²) in [5, 5.41) is 10.6. The van der Waals surface area contributed by atoms with E-state index in [2.05, 4.69) is 15.6 Å². The molecule has 2 aromatic carbocycles. The second-order valence-electron chi connectivity index (χ2n) is 7.68. The fourth-order valence-electron chi connectivity index (χ4n) is 3.11. The van der Waals surface area contributed by atoms with Crippen LogP contribution < -0.4 is 5.32 Å². The van der Waals surface area contributed by atoms with Crippen LogP contribution in [0.3, 0.4) is 0 Å². The van der Waals surface area contributed by atoms with Gasteiger partial charge in [0.2, 0.25) is 5.91 Å². The van der Waals surface area contributed by atoms with Crippen LogP contribution in [-0.4, -0.2) is 26.7 Å². The molecule has 1 heterocycles. The van der Waals surface area contributed by atoms with Gasteiger partial charge < -0.3 is 5.32 Å². The van der Waals surface area contributed by atoms with Crippen molar-refractivity contribution in [1.82, 2.24) is 20.3 Å². The molecular weight excluding hydrogens is 421 g/mol. The highest BCUT2D eigenvalue weighted by Gasteiger charge is 2.21. The molecule has 32 heavy (non-hydrogen) atoms. The van der Waals surface area contributed by atoms with Crippen molar-refractivity contribution in [3.8, 4) is 0 Å². The number of carbonyl (C=O) groups excluding carboxylic acids is 2. The molecule has 1 N–H and O–H groups in total. The quantitative estimate of drug-likeness (QED) is 0.416. The standard InChI is InChI=1S/C23H23F3N4O2/c1-13-4-6-16(7-5-13)21(31)9-8-18-12-30(29-28-18)15(3)23(32)27-14(2)17-10-19(24)22(26)20(25)11-17/h4-7,10-12,14-15H,8-9H2,1-3H3,(H,27,32). The van der Waals surface area contributed by atoms with Gasteiger partial charge in [0.15, 0.2) is 23.2 Å². The SMILES string of the molecule is Cc1ccc(C(=O)CCc2cn(C(C)C(=O)NC(C)c3cc(F)c(F)c(F)c3)nn2)cc1. The first-order valence-electron chi connectivity index (χ1n) is 10.1. The maximum Gasteiger partial charge on any atom is 0.245 e. The second-order valence-corrected chi connectivity index (χ2v) is 7.68. The minimum absolute atomic E-state index is 0.0158. The van der Waals surface area contributed by atoms with E-state index in [-0.39, 0.29) is 17.8 Å². The molecule has 3 rings (SSSR count). The van der Waals surface area contributed by atoms with Crippen molar-refractivity contribution < 1.29 is 22.8 Å². The van der Waals surface area contributed by atoms with Crippen LogP contribution in [0.15, 0.2) is 42.6 Å². The smallest absolute Gasteiger partial charge is 0.245 e. The maximum absolute atomic E-state index is 13.4. The number of aryl methyl sites for hydroxylation is 2. The highest BCUT2D eigenvalue weighted by atomic mass is 19.2. The van der Waals surface area contributed by atoms with Crippen molar-refractivity contribution >= 4 is 11.7 Å². The molecule has 2 atom stereocenters. The highest BCUT2D eigenvalue weighted by molar-refractivity contribution is 5.96. The summed E-state index contributed by atoms with van der Waals surface area (Å²) in [5.74, 6) is -4.69. The molecule has 168 valence electrons. The van der Waals surface area contributed by atoms with E-state index in [4.69, 9.17) is 0 Å². The Morgan fingerprint density at radius 1 is 1.06 bits per heavy atom. The summed E-state index contributed by atoms with van der Waals surface area (Å²) in [6.07, 6.45) is 2.20. The Kier molecular flexibility index (Phi) is 7.07. The van der Waals surface area contributed by atoms with E-state index in [1.54, 1.807) is 25.3 Å². The predicted octanol–water partition coefficient (Wildman–Crippen LogP) is 4.26. The van der Waals surface area contributed by atoms with Crippen LogP contribution in [0, 0.1) is 24.4 Å². The highest BCUT2D eigenvalue weighted by Crippen LogP contribution is 2.20. The third kappa shape index (κ3) is 5.40.